The number of anilines is 1. The van der Waals surface area contributed by atoms with E-state index < -0.39 is 0 Å². The number of nitrogens with two attached hydrogens (primary N) is 1. The van der Waals surface area contributed by atoms with Gasteiger partial charge in [-0.05, 0) is 30.7 Å². The van der Waals surface area contributed by atoms with Gasteiger partial charge in [-0.2, -0.15) is 0 Å². The van der Waals surface area contributed by atoms with Crippen molar-refractivity contribution in [3.8, 4) is 0 Å². The fourth-order valence-electron chi connectivity index (χ4n) is 2.42. The Morgan fingerprint density at radius 3 is 2.74 bits per heavy atom. The molecule has 3 heteroatoms. The lowest BCUT2D eigenvalue weighted by Crippen LogP contribution is -2.02. The lowest BCUT2D eigenvalue weighted by atomic mass is 10.1. The van der Waals surface area contributed by atoms with E-state index in [1.54, 1.807) is 18.2 Å². The zero-order valence-electron chi connectivity index (χ0n) is 10.7. The van der Waals surface area contributed by atoms with Gasteiger partial charge in [0.2, 0.25) is 0 Å². The summed E-state index contributed by atoms with van der Waals surface area (Å²) in [5.74, 6) is -0.322. The molecular formula is C16H15FN2. The fraction of sp³-hybridized carbons (Fsp3) is 0.125. The molecule has 2 aromatic carbocycles. The van der Waals surface area contributed by atoms with Crippen LogP contribution < -0.4 is 5.73 Å². The first-order valence-corrected chi connectivity index (χ1v) is 6.24. The summed E-state index contributed by atoms with van der Waals surface area (Å²) in [6.07, 6.45) is 1.99. The highest BCUT2D eigenvalue weighted by Crippen LogP contribution is 2.22. The van der Waals surface area contributed by atoms with Gasteiger partial charge in [0.25, 0.3) is 0 Å². The highest BCUT2D eigenvalue weighted by Gasteiger charge is 2.08. The maximum absolute atomic E-state index is 13.9. The normalized spacial score (nSPS) is 11.1. The topological polar surface area (TPSA) is 30.9 Å². The first-order chi connectivity index (χ1) is 9.16. The van der Waals surface area contributed by atoms with E-state index in [4.69, 9.17) is 5.73 Å². The zero-order valence-corrected chi connectivity index (χ0v) is 10.7. The van der Waals surface area contributed by atoms with Crippen LogP contribution in [0.4, 0.5) is 10.1 Å². The summed E-state index contributed by atoms with van der Waals surface area (Å²) >= 11 is 0. The minimum atomic E-state index is -0.322. The smallest absolute Gasteiger partial charge is 0.151 e. The van der Waals surface area contributed by atoms with Crippen molar-refractivity contribution >= 4 is 16.6 Å². The Morgan fingerprint density at radius 1 is 1.11 bits per heavy atom. The average molecular weight is 254 g/mol. The molecule has 2 nitrogen and oxygen atoms in total. The standard InChI is InChI=1S/C16H15FN2/c1-11-4-2-7-15-13(11)8-9-19(15)10-12-5-3-6-14(18)16(12)17/h2-9H,10,18H2,1H3. The number of nitrogen functional groups attached to an aromatic ring is 1. The van der Waals surface area contributed by atoms with Crippen LogP contribution in [0.5, 0.6) is 0 Å². The highest BCUT2D eigenvalue weighted by molar-refractivity contribution is 5.83. The molecule has 1 aromatic heterocycles. The molecule has 0 atom stereocenters. The first kappa shape index (κ1) is 11.8. The van der Waals surface area contributed by atoms with Gasteiger partial charge >= 0.3 is 0 Å². The van der Waals surface area contributed by atoms with Gasteiger partial charge in [0.1, 0.15) is 0 Å². The van der Waals surface area contributed by atoms with Gasteiger partial charge in [-0.25, -0.2) is 4.39 Å². The molecule has 0 radical (unpaired) electrons. The van der Waals surface area contributed by atoms with Gasteiger partial charge in [-0.15, -0.1) is 0 Å². The molecule has 0 spiro atoms. The Morgan fingerprint density at radius 2 is 1.89 bits per heavy atom. The van der Waals surface area contributed by atoms with E-state index in [1.807, 2.05) is 22.9 Å². The fourth-order valence-corrected chi connectivity index (χ4v) is 2.42. The van der Waals surface area contributed by atoms with Crippen LogP contribution in [0.25, 0.3) is 10.9 Å². The number of hydrogen-bond donors (Lipinski definition) is 1. The molecule has 0 aliphatic rings. The third-order valence-electron chi connectivity index (χ3n) is 3.48. The number of hydrogen-bond acceptors (Lipinski definition) is 1. The Balaban J connectivity index is 2.07. The van der Waals surface area contributed by atoms with E-state index in [2.05, 4.69) is 19.1 Å². The lowest BCUT2D eigenvalue weighted by Gasteiger charge is -2.08. The summed E-state index contributed by atoms with van der Waals surface area (Å²) in [6.45, 7) is 2.57. The van der Waals surface area contributed by atoms with Crippen LogP contribution in [0, 0.1) is 12.7 Å². The predicted molar refractivity (Wildman–Crippen MR) is 76.6 cm³/mol. The van der Waals surface area contributed by atoms with Crippen LogP contribution in [0.3, 0.4) is 0 Å². The SMILES string of the molecule is Cc1cccc2c1ccn2Cc1cccc(N)c1F. The van der Waals surface area contributed by atoms with Crippen LogP contribution in [-0.2, 0) is 6.54 Å². The van der Waals surface area contributed by atoms with Crippen LogP contribution in [0.1, 0.15) is 11.1 Å². The number of nitrogens with zero attached hydrogens (tertiary/aromatic N) is 1. The van der Waals surface area contributed by atoms with E-state index >= 15 is 0 Å². The van der Waals surface area contributed by atoms with E-state index in [0.717, 1.165) is 5.52 Å². The number of fused-ring (bicyclic) bond motifs is 1. The van der Waals surface area contributed by atoms with Crippen molar-refractivity contribution in [2.45, 2.75) is 13.5 Å². The van der Waals surface area contributed by atoms with Gasteiger partial charge in [0.15, 0.2) is 5.82 Å². The number of aromatic nitrogens is 1. The minimum absolute atomic E-state index is 0.199. The predicted octanol–water partition coefficient (Wildman–Crippen LogP) is 3.72. The van der Waals surface area contributed by atoms with Crippen LogP contribution >= 0.6 is 0 Å². The molecule has 19 heavy (non-hydrogen) atoms. The monoisotopic (exact) mass is 254 g/mol. The first-order valence-electron chi connectivity index (χ1n) is 6.24. The molecule has 0 saturated heterocycles. The van der Waals surface area contributed by atoms with Crippen molar-refractivity contribution < 1.29 is 4.39 Å². The molecular weight excluding hydrogens is 239 g/mol. The molecule has 0 aliphatic heterocycles. The Hall–Kier alpha value is -2.29. The maximum Gasteiger partial charge on any atom is 0.151 e. The Bertz CT molecular complexity index is 744. The second-order valence-electron chi connectivity index (χ2n) is 4.77. The number of benzene rings is 2. The third kappa shape index (κ3) is 1.97. The van der Waals surface area contributed by atoms with Gasteiger partial charge in [0, 0.05) is 22.7 Å². The van der Waals surface area contributed by atoms with Crippen LogP contribution in [0.15, 0.2) is 48.7 Å². The molecule has 0 saturated carbocycles. The molecule has 0 aliphatic carbocycles. The van der Waals surface area contributed by atoms with E-state index in [0.29, 0.717) is 12.1 Å². The van der Waals surface area contributed by atoms with Crippen molar-refractivity contribution in [2.24, 2.45) is 0 Å². The molecule has 96 valence electrons. The van der Waals surface area contributed by atoms with Gasteiger partial charge in [-0.3, -0.25) is 0 Å². The second-order valence-corrected chi connectivity index (χ2v) is 4.77. The van der Waals surface area contributed by atoms with Gasteiger partial charge < -0.3 is 10.3 Å². The molecule has 0 bridgehead atoms. The van der Waals surface area contributed by atoms with Crippen LogP contribution in [-0.4, -0.2) is 4.57 Å². The molecule has 2 N–H and O–H groups in total. The van der Waals surface area contributed by atoms with Crippen molar-refractivity contribution in [2.75, 3.05) is 5.73 Å². The van der Waals surface area contributed by atoms with Gasteiger partial charge in [-0.1, -0.05) is 24.3 Å². The molecule has 0 fully saturated rings. The molecule has 3 rings (SSSR count). The summed E-state index contributed by atoms with van der Waals surface area (Å²) in [5, 5.41) is 1.20. The molecule has 0 unspecified atom stereocenters. The summed E-state index contributed by atoms with van der Waals surface area (Å²) in [5.41, 5.74) is 8.75. The Kier molecular flexibility index (Phi) is 2.75. The maximum atomic E-state index is 13.9. The summed E-state index contributed by atoms with van der Waals surface area (Å²) in [4.78, 5) is 0. The summed E-state index contributed by atoms with van der Waals surface area (Å²) in [6, 6.07) is 13.3. The highest BCUT2D eigenvalue weighted by atomic mass is 19.1. The summed E-state index contributed by atoms with van der Waals surface area (Å²) < 4.78 is 16.0. The van der Waals surface area contributed by atoms with E-state index in [9.17, 15) is 4.39 Å². The molecule has 3 aromatic rings. The molecule has 0 amide bonds. The number of rotatable bonds is 2. The van der Waals surface area contributed by atoms with Crippen molar-refractivity contribution in [3.05, 3.63) is 65.6 Å². The molecule has 1 heterocycles. The average Bonchev–Trinajstić information content (AvgIpc) is 2.80. The summed E-state index contributed by atoms with van der Waals surface area (Å²) in [7, 11) is 0. The third-order valence-corrected chi connectivity index (χ3v) is 3.48. The van der Waals surface area contributed by atoms with Crippen LogP contribution in [0.2, 0.25) is 0 Å². The Labute approximate surface area is 111 Å². The quantitative estimate of drug-likeness (QED) is 0.694. The number of halogens is 1. The largest absolute Gasteiger partial charge is 0.396 e. The van der Waals surface area contributed by atoms with Gasteiger partial charge in [0.05, 0.1) is 12.2 Å². The van der Waals surface area contributed by atoms with Crippen molar-refractivity contribution in [1.29, 1.82) is 0 Å². The van der Waals surface area contributed by atoms with Crippen molar-refractivity contribution in [1.82, 2.24) is 4.57 Å². The second kappa shape index (κ2) is 4.43. The van der Waals surface area contributed by atoms with E-state index in [1.165, 1.54) is 10.9 Å². The van der Waals surface area contributed by atoms with E-state index in [-0.39, 0.29) is 11.5 Å². The number of aryl methyl sites for hydroxylation is 1. The minimum Gasteiger partial charge on any atom is -0.396 e. The van der Waals surface area contributed by atoms with Crippen molar-refractivity contribution in [3.63, 3.8) is 0 Å². The lowest BCUT2D eigenvalue weighted by molar-refractivity contribution is 0.606. The zero-order chi connectivity index (χ0) is 13.4.